The van der Waals surface area contributed by atoms with Crippen molar-refractivity contribution in [3.63, 3.8) is 0 Å². The van der Waals surface area contributed by atoms with Crippen LogP contribution in [0.15, 0.2) is 84.9 Å². The van der Waals surface area contributed by atoms with E-state index in [4.69, 9.17) is 4.74 Å². The van der Waals surface area contributed by atoms with Gasteiger partial charge >= 0.3 is 0 Å². The monoisotopic (exact) mass is 484 g/mol. The number of nitrogens with zero attached hydrogens (tertiary/aromatic N) is 2. The van der Waals surface area contributed by atoms with Gasteiger partial charge in [-0.05, 0) is 55.5 Å². The van der Waals surface area contributed by atoms with Crippen molar-refractivity contribution in [3.05, 3.63) is 96.1 Å². The van der Waals surface area contributed by atoms with Gasteiger partial charge in [0.1, 0.15) is 11.4 Å². The molecule has 2 fully saturated rings. The van der Waals surface area contributed by atoms with Crippen LogP contribution in [0.1, 0.15) is 54.4 Å². The van der Waals surface area contributed by atoms with Crippen LogP contribution < -0.4 is 9.64 Å². The molecule has 1 heterocycles. The Hall–Kier alpha value is -3.15. The first-order valence-electron chi connectivity index (χ1n) is 13.1. The summed E-state index contributed by atoms with van der Waals surface area (Å²) >= 11 is 0. The average molecular weight is 485 g/mol. The summed E-state index contributed by atoms with van der Waals surface area (Å²) in [5, 5.41) is 11.9. The van der Waals surface area contributed by atoms with E-state index in [1.807, 2.05) is 77.7 Å². The van der Waals surface area contributed by atoms with Crippen molar-refractivity contribution in [1.29, 1.82) is 0 Å². The van der Waals surface area contributed by atoms with Gasteiger partial charge in [0.25, 0.3) is 5.91 Å². The molecule has 0 aromatic heterocycles. The Kier molecular flexibility index (Phi) is 7.40. The quantitative estimate of drug-likeness (QED) is 0.492. The number of ether oxygens (including phenoxy) is 1. The summed E-state index contributed by atoms with van der Waals surface area (Å²) in [7, 11) is 1.65. The number of methoxy groups -OCH3 is 1. The highest BCUT2D eigenvalue weighted by molar-refractivity contribution is 6.06. The Morgan fingerprint density at radius 1 is 0.917 bits per heavy atom. The fourth-order valence-corrected chi connectivity index (χ4v) is 6.12. The molecule has 36 heavy (non-hydrogen) atoms. The molecule has 2 atom stereocenters. The molecule has 5 heteroatoms. The number of rotatable bonds is 6. The highest BCUT2D eigenvalue weighted by Gasteiger charge is 2.44. The number of carbonyl (C=O) groups excluding carboxylic acids is 1. The Morgan fingerprint density at radius 3 is 2.31 bits per heavy atom. The van der Waals surface area contributed by atoms with Crippen LogP contribution in [0.25, 0.3) is 0 Å². The molecule has 0 radical (unpaired) electrons. The van der Waals surface area contributed by atoms with Crippen molar-refractivity contribution in [2.75, 3.05) is 25.1 Å². The minimum absolute atomic E-state index is 0.0146. The van der Waals surface area contributed by atoms with Gasteiger partial charge in [-0.3, -0.25) is 9.69 Å². The number of likely N-dealkylation sites (tertiary alicyclic amines) is 1. The molecule has 3 aromatic carbocycles. The molecule has 1 amide bonds. The summed E-state index contributed by atoms with van der Waals surface area (Å²) < 4.78 is 5.47. The number of amides is 1. The van der Waals surface area contributed by atoms with E-state index in [2.05, 4.69) is 17.0 Å². The summed E-state index contributed by atoms with van der Waals surface area (Å²) in [5.41, 5.74) is 1.75. The predicted molar refractivity (Wildman–Crippen MR) is 143 cm³/mol. The molecule has 1 aliphatic carbocycles. The predicted octanol–water partition coefficient (Wildman–Crippen LogP) is 5.64. The van der Waals surface area contributed by atoms with E-state index < -0.39 is 5.60 Å². The van der Waals surface area contributed by atoms with Crippen LogP contribution in [-0.2, 0) is 5.60 Å². The van der Waals surface area contributed by atoms with Crippen molar-refractivity contribution >= 4 is 11.6 Å². The lowest BCUT2D eigenvalue weighted by atomic mass is 9.74. The van der Waals surface area contributed by atoms with Crippen LogP contribution in [0.5, 0.6) is 5.75 Å². The van der Waals surface area contributed by atoms with Crippen LogP contribution >= 0.6 is 0 Å². The zero-order chi connectivity index (χ0) is 25.0. The summed E-state index contributed by atoms with van der Waals surface area (Å²) in [5.74, 6) is 0.756. The van der Waals surface area contributed by atoms with Crippen molar-refractivity contribution < 1.29 is 14.6 Å². The smallest absolute Gasteiger partial charge is 0.258 e. The summed E-state index contributed by atoms with van der Waals surface area (Å²) in [4.78, 5) is 18.2. The van der Waals surface area contributed by atoms with Crippen molar-refractivity contribution in [2.24, 2.45) is 0 Å². The molecule has 2 aliphatic rings. The van der Waals surface area contributed by atoms with E-state index >= 15 is 0 Å². The molecule has 0 unspecified atom stereocenters. The molecular formula is C31H36N2O3. The Bertz CT molecular complexity index is 1140. The van der Waals surface area contributed by atoms with E-state index in [9.17, 15) is 9.90 Å². The van der Waals surface area contributed by atoms with E-state index in [1.54, 1.807) is 7.11 Å². The first-order chi connectivity index (χ1) is 17.6. The van der Waals surface area contributed by atoms with Gasteiger partial charge in [0.2, 0.25) is 0 Å². The molecule has 3 aromatic rings. The largest absolute Gasteiger partial charge is 0.497 e. The van der Waals surface area contributed by atoms with Crippen LogP contribution in [0.3, 0.4) is 0 Å². The number of carbonyl (C=O) groups is 1. The normalized spacial score (nSPS) is 23.2. The van der Waals surface area contributed by atoms with Gasteiger partial charge in [-0.2, -0.15) is 0 Å². The first-order valence-corrected chi connectivity index (χ1v) is 13.1. The van der Waals surface area contributed by atoms with Crippen molar-refractivity contribution in [2.45, 2.75) is 56.2 Å². The van der Waals surface area contributed by atoms with Crippen LogP contribution in [0.2, 0.25) is 0 Å². The van der Waals surface area contributed by atoms with Crippen LogP contribution in [-0.4, -0.2) is 48.2 Å². The van der Waals surface area contributed by atoms with Gasteiger partial charge < -0.3 is 14.7 Å². The number of aliphatic hydroxyl groups is 1. The third-order valence-corrected chi connectivity index (χ3v) is 7.99. The molecule has 5 rings (SSSR count). The molecule has 0 bridgehead atoms. The third-order valence-electron chi connectivity index (χ3n) is 7.99. The molecule has 1 saturated carbocycles. The lowest BCUT2D eigenvalue weighted by molar-refractivity contribution is -0.0850. The highest BCUT2D eigenvalue weighted by Crippen LogP contribution is 2.41. The zero-order valence-corrected chi connectivity index (χ0v) is 21.1. The van der Waals surface area contributed by atoms with Gasteiger partial charge in [0, 0.05) is 42.5 Å². The Balaban J connectivity index is 1.38. The fourth-order valence-electron chi connectivity index (χ4n) is 6.12. The van der Waals surface area contributed by atoms with E-state index in [0.29, 0.717) is 5.56 Å². The second-order valence-electron chi connectivity index (χ2n) is 10.1. The van der Waals surface area contributed by atoms with Crippen LogP contribution in [0.4, 0.5) is 5.69 Å². The summed E-state index contributed by atoms with van der Waals surface area (Å²) in [6.45, 7) is 1.71. The lowest BCUT2D eigenvalue weighted by Crippen LogP contribution is -2.57. The molecule has 1 N–H and O–H groups in total. The maximum atomic E-state index is 13.7. The van der Waals surface area contributed by atoms with Gasteiger partial charge in [0.05, 0.1) is 7.11 Å². The minimum Gasteiger partial charge on any atom is -0.497 e. The number of anilines is 1. The van der Waals surface area contributed by atoms with Gasteiger partial charge in [-0.25, -0.2) is 0 Å². The van der Waals surface area contributed by atoms with Gasteiger partial charge in [0.15, 0.2) is 0 Å². The second kappa shape index (κ2) is 10.9. The molecule has 0 spiro atoms. The highest BCUT2D eigenvalue weighted by atomic mass is 16.5. The maximum absolute atomic E-state index is 13.7. The topological polar surface area (TPSA) is 53.0 Å². The standard InChI is InChI=1S/C31H36N2O3/c1-36-28-16-10-15-27(23-28)33(30(34)24-11-4-2-5-12-24)26-18-21-32(22-19-26)29-17-8-9-20-31(29,35)25-13-6-3-7-14-25/h2-7,10-16,23,26,29,35H,8-9,17-22H2,1H3/t29-,31+/m1/s1. The van der Waals surface area contributed by atoms with E-state index in [0.717, 1.165) is 68.6 Å². The van der Waals surface area contributed by atoms with Crippen molar-refractivity contribution in [3.8, 4) is 5.75 Å². The van der Waals surface area contributed by atoms with Gasteiger partial charge in [-0.1, -0.05) is 67.4 Å². The van der Waals surface area contributed by atoms with Crippen LogP contribution in [0, 0.1) is 0 Å². The number of hydrogen-bond acceptors (Lipinski definition) is 4. The summed E-state index contributed by atoms with van der Waals surface area (Å²) in [6.07, 6.45) is 5.70. The molecule has 5 nitrogen and oxygen atoms in total. The van der Waals surface area contributed by atoms with Gasteiger partial charge in [-0.15, -0.1) is 0 Å². The maximum Gasteiger partial charge on any atom is 0.258 e. The number of hydrogen-bond donors (Lipinski definition) is 1. The minimum atomic E-state index is -0.821. The van der Waals surface area contributed by atoms with E-state index in [-0.39, 0.29) is 18.0 Å². The molecular weight excluding hydrogens is 448 g/mol. The molecule has 188 valence electrons. The summed E-state index contributed by atoms with van der Waals surface area (Å²) in [6, 6.07) is 27.7. The lowest BCUT2D eigenvalue weighted by Gasteiger charge is -2.49. The Morgan fingerprint density at radius 2 is 1.61 bits per heavy atom. The Labute approximate surface area is 214 Å². The molecule has 1 aliphatic heterocycles. The van der Waals surface area contributed by atoms with E-state index in [1.165, 1.54) is 0 Å². The first kappa shape index (κ1) is 24.5. The third kappa shape index (κ3) is 4.91. The fraction of sp³-hybridized carbons (Fsp3) is 0.387. The van der Waals surface area contributed by atoms with Crippen molar-refractivity contribution in [1.82, 2.24) is 4.90 Å². The average Bonchev–Trinajstić information content (AvgIpc) is 2.95. The second-order valence-corrected chi connectivity index (χ2v) is 10.1. The molecule has 1 saturated heterocycles. The zero-order valence-electron chi connectivity index (χ0n) is 21.1. The number of benzene rings is 3. The number of piperidine rings is 1. The SMILES string of the molecule is COc1cccc(N(C(=O)c2ccccc2)C2CCN([C@@H]3CCCC[C@]3(O)c3ccccc3)CC2)c1.